The third-order valence-electron chi connectivity index (χ3n) is 5.53. The Labute approximate surface area is 197 Å². The molecule has 0 unspecified atom stereocenters. The molecule has 0 bridgehead atoms. The monoisotopic (exact) mass is 490 g/mol. The summed E-state index contributed by atoms with van der Waals surface area (Å²) in [5.74, 6) is 0.846. The van der Waals surface area contributed by atoms with Crippen molar-refractivity contribution in [2.45, 2.75) is 31.0 Å². The van der Waals surface area contributed by atoms with Crippen LogP contribution in [-0.2, 0) is 36.3 Å². The van der Waals surface area contributed by atoms with Gasteiger partial charge >= 0.3 is 0 Å². The Bertz CT molecular complexity index is 1200. The average Bonchev–Trinajstić information content (AvgIpc) is 3.48. The zero-order chi connectivity index (χ0) is 23.6. The van der Waals surface area contributed by atoms with Gasteiger partial charge in [0.05, 0.1) is 12.8 Å². The molecule has 33 heavy (non-hydrogen) atoms. The van der Waals surface area contributed by atoms with Gasteiger partial charge in [-0.15, -0.1) is 11.8 Å². The minimum atomic E-state index is -3.62. The van der Waals surface area contributed by atoms with E-state index in [4.69, 9.17) is 8.94 Å². The molecule has 11 heteroatoms. The van der Waals surface area contributed by atoms with Crippen LogP contribution in [0.3, 0.4) is 0 Å². The molecule has 0 aliphatic carbocycles. The van der Waals surface area contributed by atoms with Gasteiger partial charge in [-0.25, -0.2) is 0 Å². The average molecular weight is 491 g/mol. The predicted molar refractivity (Wildman–Crippen MR) is 124 cm³/mol. The second kappa shape index (κ2) is 9.72. The molecule has 0 spiro atoms. The molecule has 9 nitrogen and oxygen atoms in total. The number of amides is 1. The Morgan fingerprint density at radius 3 is 2.58 bits per heavy atom. The van der Waals surface area contributed by atoms with Crippen molar-refractivity contribution in [1.82, 2.24) is 18.7 Å². The lowest BCUT2D eigenvalue weighted by molar-refractivity contribution is 0.0705. The van der Waals surface area contributed by atoms with Crippen molar-refractivity contribution in [3.05, 3.63) is 71.0 Å². The van der Waals surface area contributed by atoms with Gasteiger partial charge in [0, 0.05) is 50.6 Å². The Morgan fingerprint density at radius 2 is 1.94 bits per heavy atom. The van der Waals surface area contributed by atoms with Gasteiger partial charge in [0.2, 0.25) is 0 Å². The number of furan rings is 1. The van der Waals surface area contributed by atoms with Crippen molar-refractivity contribution < 1.29 is 22.2 Å². The number of benzene rings is 1. The fourth-order valence-corrected chi connectivity index (χ4v) is 5.16. The summed E-state index contributed by atoms with van der Waals surface area (Å²) in [5, 5.41) is 4.04. The number of rotatable bonds is 8. The van der Waals surface area contributed by atoms with Crippen LogP contribution in [0.5, 0.6) is 0 Å². The van der Waals surface area contributed by atoms with Crippen molar-refractivity contribution >= 4 is 27.9 Å². The number of thioether (sulfide) groups is 1. The molecule has 3 aromatic rings. The molecule has 1 aliphatic heterocycles. The third-order valence-corrected chi connectivity index (χ3v) is 8.16. The number of aromatic nitrogens is 1. The minimum absolute atomic E-state index is 0.0391. The molecule has 0 fully saturated rings. The quantitative estimate of drug-likeness (QED) is 0.448. The summed E-state index contributed by atoms with van der Waals surface area (Å²) in [4.78, 5) is 16.4. The zero-order valence-electron chi connectivity index (χ0n) is 18.7. The van der Waals surface area contributed by atoms with Crippen LogP contribution in [0, 0.1) is 0 Å². The van der Waals surface area contributed by atoms with E-state index in [1.54, 1.807) is 35.1 Å². The van der Waals surface area contributed by atoms with Crippen molar-refractivity contribution in [1.29, 1.82) is 0 Å². The van der Waals surface area contributed by atoms with Gasteiger partial charge in [0.15, 0.2) is 5.69 Å². The molecule has 0 N–H and O–H groups in total. The Hall–Kier alpha value is -2.60. The highest BCUT2D eigenvalue weighted by atomic mass is 32.2. The van der Waals surface area contributed by atoms with Gasteiger partial charge in [-0.2, -0.15) is 17.0 Å². The lowest BCUT2D eigenvalue weighted by Gasteiger charge is -2.28. The molecule has 0 saturated heterocycles. The second-order valence-electron chi connectivity index (χ2n) is 7.90. The van der Waals surface area contributed by atoms with E-state index in [2.05, 4.69) is 5.16 Å². The van der Waals surface area contributed by atoms with Crippen LogP contribution < -0.4 is 0 Å². The lowest BCUT2D eigenvalue weighted by Crippen LogP contribution is -2.43. The van der Waals surface area contributed by atoms with Gasteiger partial charge in [-0.05, 0) is 36.1 Å². The highest BCUT2D eigenvalue weighted by molar-refractivity contribution is 7.98. The molecular formula is C22H26N4O5S2. The number of carbonyl (C=O) groups is 1. The normalized spacial score (nSPS) is 14.4. The van der Waals surface area contributed by atoms with Crippen LogP contribution in [0.1, 0.15) is 33.1 Å². The smallest absolute Gasteiger partial charge is 0.281 e. The Morgan fingerprint density at radius 1 is 1.18 bits per heavy atom. The van der Waals surface area contributed by atoms with Crippen LogP contribution in [0.4, 0.5) is 0 Å². The minimum Gasteiger partial charge on any atom is -0.467 e. The number of carbonyl (C=O) groups excluding carboxylic acids is 1. The molecule has 0 atom stereocenters. The summed E-state index contributed by atoms with van der Waals surface area (Å²) >= 11 is 1.65. The zero-order valence-corrected chi connectivity index (χ0v) is 20.4. The van der Waals surface area contributed by atoms with Gasteiger partial charge in [-0.1, -0.05) is 17.3 Å². The molecule has 1 aliphatic rings. The van der Waals surface area contributed by atoms with Crippen LogP contribution in [0.2, 0.25) is 0 Å². The van der Waals surface area contributed by atoms with Crippen molar-refractivity contribution in [3.63, 3.8) is 0 Å². The number of nitrogens with zero attached hydrogens (tertiary/aromatic N) is 4. The first-order valence-corrected chi connectivity index (χ1v) is 13.0. The first-order valence-electron chi connectivity index (χ1n) is 10.4. The van der Waals surface area contributed by atoms with Gasteiger partial charge < -0.3 is 13.8 Å². The van der Waals surface area contributed by atoms with E-state index in [1.165, 1.54) is 18.4 Å². The number of hydrogen-bond donors (Lipinski definition) is 0. The first-order chi connectivity index (χ1) is 15.8. The van der Waals surface area contributed by atoms with E-state index < -0.39 is 10.2 Å². The standard InChI is InChI=1S/C22H26N4O5S2/c1-24(2)33(28,29)26-11-10-20-19(15-26)21(23-31-20)22(27)25(14-17-5-4-12-30-17)13-16-6-8-18(32-3)9-7-16/h4-9,12H,10-11,13-15H2,1-3H3. The van der Waals surface area contributed by atoms with Gasteiger partial charge in [-0.3, -0.25) is 4.79 Å². The molecule has 1 aromatic carbocycles. The summed E-state index contributed by atoms with van der Waals surface area (Å²) in [5.41, 5.74) is 1.61. The Balaban J connectivity index is 1.62. The molecule has 4 rings (SSSR count). The highest BCUT2D eigenvalue weighted by Gasteiger charge is 2.35. The maximum Gasteiger partial charge on any atom is 0.281 e. The summed E-state index contributed by atoms with van der Waals surface area (Å²) in [6.45, 7) is 0.901. The molecule has 1 amide bonds. The molecule has 0 radical (unpaired) electrons. The summed E-state index contributed by atoms with van der Waals surface area (Å²) < 4.78 is 38.7. The molecule has 2 aromatic heterocycles. The fraction of sp³-hybridized carbons (Fsp3) is 0.364. The summed E-state index contributed by atoms with van der Waals surface area (Å²) in [6.07, 6.45) is 3.93. The van der Waals surface area contributed by atoms with Crippen molar-refractivity contribution in [3.8, 4) is 0 Å². The van der Waals surface area contributed by atoms with Gasteiger partial charge in [0.1, 0.15) is 11.5 Å². The van der Waals surface area contributed by atoms with Gasteiger partial charge in [0.25, 0.3) is 16.1 Å². The van der Waals surface area contributed by atoms with Crippen molar-refractivity contribution in [2.75, 3.05) is 26.9 Å². The van der Waals surface area contributed by atoms with Crippen molar-refractivity contribution in [2.24, 2.45) is 0 Å². The molecular weight excluding hydrogens is 464 g/mol. The summed E-state index contributed by atoms with van der Waals surface area (Å²) in [7, 11) is -0.656. The maximum atomic E-state index is 13.6. The van der Waals surface area contributed by atoms with Crippen LogP contribution in [0.15, 0.2) is 56.5 Å². The van der Waals surface area contributed by atoms with E-state index in [0.29, 0.717) is 30.0 Å². The topological polar surface area (TPSA) is 100 Å². The van der Waals surface area contributed by atoms with E-state index in [9.17, 15) is 13.2 Å². The van der Waals surface area contributed by atoms with E-state index in [-0.39, 0.29) is 31.2 Å². The fourth-order valence-electron chi connectivity index (χ4n) is 3.67. The molecule has 3 heterocycles. The molecule has 176 valence electrons. The Kier molecular flexibility index (Phi) is 6.94. The summed E-state index contributed by atoms with van der Waals surface area (Å²) in [6, 6.07) is 11.6. The number of fused-ring (bicyclic) bond motifs is 1. The first kappa shape index (κ1) is 23.6. The molecule has 0 saturated carbocycles. The van der Waals surface area contributed by atoms with Crippen LogP contribution in [-0.4, -0.2) is 59.9 Å². The van der Waals surface area contributed by atoms with E-state index in [1.807, 2.05) is 30.5 Å². The predicted octanol–water partition coefficient (Wildman–Crippen LogP) is 3.00. The van der Waals surface area contributed by atoms with Crippen LogP contribution >= 0.6 is 11.8 Å². The van der Waals surface area contributed by atoms with E-state index >= 15 is 0 Å². The highest BCUT2D eigenvalue weighted by Crippen LogP contribution is 2.27. The number of hydrogen-bond acceptors (Lipinski definition) is 7. The third kappa shape index (κ3) is 5.01. The van der Waals surface area contributed by atoms with E-state index in [0.717, 1.165) is 14.8 Å². The largest absolute Gasteiger partial charge is 0.467 e. The maximum absolute atomic E-state index is 13.6. The van der Waals surface area contributed by atoms with Crippen LogP contribution in [0.25, 0.3) is 0 Å². The SMILES string of the molecule is CSc1ccc(CN(Cc2ccco2)C(=O)c2noc3c2CN(S(=O)(=O)N(C)C)CC3)cc1. The second-order valence-corrected chi connectivity index (χ2v) is 10.9. The lowest BCUT2D eigenvalue weighted by atomic mass is 10.1.